The number of rotatable bonds is 4. The van der Waals surface area contributed by atoms with Crippen molar-refractivity contribution in [1.29, 1.82) is 0 Å². The molecule has 0 saturated carbocycles. The van der Waals surface area contributed by atoms with Crippen LogP contribution in [0.15, 0.2) is 40.9 Å². The van der Waals surface area contributed by atoms with Crippen LogP contribution in [0.1, 0.15) is 15.9 Å². The highest BCUT2D eigenvalue weighted by Gasteiger charge is 2.13. The zero-order chi connectivity index (χ0) is 15.4. The molecule has 3 nitrogen and oxygen atoms in total. The molecule has 2 rings (SSSR count). The first-order valence-corrected chi connectivity index (χ1v) is 7.24. The van der Waals surface area contributed by atoms with Crippen molar-refractivity contribution in [2.75, 3.05) is 7.11 Å². The van der Waals surface area contributed by atoms with Gasteiger partial charge in [0.2, 0.25) is 0 Å². The summed E-state index contributed by atoms with van der Waals surface area (Å²) in [6.07, 6.45) is 0. The number of carbonyl (C=O) groups is 1. The summed E-state index contributed by atoms with van der Waals surface area (Å²) in [5.74, 6) is -0.143. The number of hydrogen-bond acceptors (Lipinski definition) is 2. The lowest BCUT2D eigenvalue weighted by Gasteiger charge is -2.12. The molecule has 0 radical (unpaired) electrons. The fourth-order valence-electron chi connectivity index (χ4n) is 1.84. The third-order valence-electron chi connectivity index (χ3n) is 2.90. The Hall–Kier alpha value is -1.59. The predicted octanol–water partition coefficient (Wildman–Crippen LogP) is 4.18. The maximum absolute atomic E-state index is 13.0. The minimum absolute atomic E-state index is 0.214. The van der Waals surface area contributed by atoms with E-state index in [0.717, 1.165) is 0 Å². The minimum Gasteiger partial charge on any atom is -0.496 e. The highest BCUT2D eigenvalue weighted by atomic mass is 79.9. The topological polar surface area (TPSA) is 38.3 Å². The Morgan fingerprint density at radius 2 is 2.14 bits per heavy atom. The zero-order valence-corrected chi connectivity index (χ0v) is 13.5. The summed E-state index contributed by atoms with van der Waals surface area (Å²) in [4.78, 5) is 12.1. The van der Waals surface area contributed by atoms with E-state index < -0.39 is 5.82 Å². The van der Waals surface area contributed by atoms with Gasteiger partial charge in [-0.3, -0.25) is 4.79 Å². The van der Waals surface area contributed by atoms with Gasteiger partial charge >= 0.3 is 0 Å². The minimum atomic E-state index is -0.411. The maximum atomic E-state index is 13.0. The number of halogens is 3. The summed E-state index contributed by atoms with van der Waals surface area (Å²) in [6, 6.07) is 9.14. The third kappa shape index (κ3) is 3.74. The number of hydrogen-bond donors (Lipinski definition) is 1. The normalized spacial score (nSPS) is 10.3. The molecule has 0 aliphatic heterocycles. The van der Waals surface area contributed by atoms with Crippen molar-refractivity contribution in [3.63, 3.8) is 0 Å². The number of ether oxygens (including phenoxy) is 1. The number of carbonyl (C=O) groups excluding carboxylic acids is 1. The Kier molecular flexibility index (Phi) is 5.20. The molecule has 6 heteroatoms. The van der Waals surface area contributed by atoms with Crippen molar-refractivity contribution in [3.05, 3.63) is 62.8 Å². The molecule has 0 aliphatic carbocycles. The van der Waals surface area contributed by atoms with E-state index in [-0.39, 0.29) is 12.5 Å². The lowest BCUT2D eigenvalue weighted by molar-refractivity contribution is 0.0950. The summed E-state index contributed by atoms with van der Waals surface area (Å²) in [5, 5.41) is 3.24. The van der Waals surface area contributed by atoms with Crippen LogP contribution in [0, 0.1) is 5.82 Å². The van der Waals surface area contributed by atoms with E-state index in [1.54, 1.807) is 18.2 Å². The SMILES string of the molecule is COc1cccc(Cl)c1CNC(=O)c1ccc(F)cc1Br. The van der Waals surface area contributed by atoms with Crippen LogP contribution in [0.2, 0.25) is 5.02 Å². The molecule has 1 N–H and O–H groups in total. The number of amides is 1. The van der Waals surface area contributed by atoms with Gasteiger partial charge in [-0.2, -0.15) is 0 Å². The van der Waals surface area contributed by atoms with Crippen LogP contribution in [0.4, 0.5) is 4.39 Å². The van der Waals surface area contributed by atoms with Crippen LogP contribution in [-0.4, -0.2) is 13.0 Å². The van der Waals surface area contributed by atoms with Gasteiger partial charge in [-0.1, -0.05) is 17.7 Å². The summed E-state index contributed by atoms with van der Waals surface area (Å²) >= 11 is 9.26. The third-order valence-corrected chi connectivity index (χ3v) is 3.91. The standard InChI is InChI=1S/C15H12BrClFNO2/c1-21-14-4-2-3-13(17)11(14)8-19-15(20)10-6-5-9(18)7-12(10)16/h2-7H,8H2,1H3,(H,19,20). The average Bonchev–Trinajstić information content (AvgIpc) is 2.45. The Balaban J connectivity index is 2.15. The van der Waals surface area contributed by atoms with Gasteiger partial charge < -0.3 is 10.1 Å². The maximum Gasteiger partial charge on any atom is 0.252 e. The van der Waals surface area contributed by atoms with Gasteiger partial charge in [-0.05, 0) is 46.3 Å². The van der Waals surface area contributed by atoms with Gasteiger partial charge in [0.15, 0.2) is 0 Å². The van der Waals surface area contributed by atoms with Crippen LogP contribution in [0.3, 0.4) is 0 Å². The monoisotopic (exact) mass is 371 g/mol. The average molecular weight is 373 g/mol. The van der Waals surface area contributed by atoms with E-state index >= 15 is 0 Å². The van der Waals surface area contributed by atoms with E-state index in [4.69, 9.17) is 16.3 Å². The molecular weight excluding hydrogens is 361 g/mol. The molecule has 0 aromatic heterocycles. The highest BCUT2D eigenvalue weighted by molar-refractivity contribution is 9.10. The quantitative estimate of drug-likeness (QED) is 0.874. The van der Waals surface area contributed by atoms with Crippen LogP contribution in [0.5, 0.6) is 5.75 Å². The number of methoxy groups -OCH3 is 1. The van der Waals surface area contributed by atoms with Crippen LogP contribution in [0.25, 0.3) is 0 Å². The van der Waals surface area contributed by atoms with Crippen molar-refractivity contribution in [2.24, 2.45) is 0 Å². The molecule has 21 heavy (non-hydrogen) atoms. The molecule has 2 aromatic carbocycles. The van der Waals surface area contributed by atoms with Gasteiger partial charge in [-0.15, -0.1) is 0 Å². The molecule has 0 unspecified atom stereocenters. The first-order valence-electron chi connectivity index (χ1n) is 6.07. The van der Waals surface area contributed by atoms with Gasteiger partial charge in [0, 0.05) is 21.6 Å². The zero-order valence-electron chi connectivity index (χ0n) is 11.1. The molecule has 0 bridgehead atoms. The van der Waals surface area contributed by atoms with Gasteiger partial charge in [-0.25, -0.2) is 4.39 Å². The molecular formula is C15H12BrClFNO2. The van der Waals surface area contributed by atoms with Crippen molar-refractivity contribution in [1.82, 2.24) is 5.32 Å². The second kappa shape index (κ2) is 6.91. The summed E-state index contributed by atoms with van der Waals surface area (Å²) in [6.45, 7) is 0.214. The van der Waals surface area contributed by atoms with Crippen LogP contribution < -0.4 is 10.1 Å². The van der Waals surface area contributed by atoms with E-state index in [1.165, 1.54) is 25.3 Å². The van der Waals surface area contributed by atoms with Crippen molar-refractivity contribution >= 4 is 33.4 Å². The molecule has 0 heterocycles. The number of nitrogens with one attached hydrogen (secondary N) is 1. The molecule has 1 amide bonds. The Morgan fingerprint density at radius 1 is 1.38 bits per heavy atom. The van der Waals surface area contributed by atoms with Gasteiger partial charge in [0.1, 0.15) is 11.6 Å². The molecule has 110 valence electrons. The van der Waals surface area contributed by atoms with Crippen LogP contribution >= 0.6 is 27.5 Å². The van der Waals surface area contributed by atoms with Crippen molar-refractivity contribution in [3.8, 4) is 5.75 Å². The highest BCUT2D eigenvalue weighted by Crippen LogP contribution is 2.26. The fourth-order valence-corrected chi connectivity index (χ4v) is 2.60. The first kappa shape index (κ1) is 15.8. The summed E-state index contributed by atoms with van der Waals surface area (Å²) in [5.41, 5.74) is 1.04. The number of benzene rings is 2. The Labute approximate surface area is 135 Å². The lowest BCUT2D eigenvalue weighted by atomic mass is 10.1. The molecule has 0 aliphatic rings. The van der Waals surface area contributed by atoms with Gasteiger partial charge in [0.05, 0.1) is 12.7 Å². The Bertz CT molecular complexity index is 679. The molecule has 0 saturated heterocycles. The van der Waals surface area contributed by atoms with E-state index in [1.807, 2.05) is 0 Å². The largest absolute Gasteiger partial charge is 0.496 e. The predicted molar refractivity (Wildman–Crippen MR) is 83.3 cm³/mol. The second-order valence-electron chi connectivity index (χ2n) is 4.23. The summed E-state index contributed by atoms with van der Waals surface area (Å²) < 4.78 is 18.6. The molecule has 0 fully saturated rings. The molecule has 0 atom stereocenters. The van der Waals surface area contributed by atoms with E-state index in [9.17, 15) is 9.18 Å². The summed E-state index contributed by atoms with van der Waals surface area (Å²) in [7, 11) is 1.54. The smallest absolute Gasteiger partial charge is 0.252 e. The van der Waals surface area contributed by atoms with Crippen molar-refractivity contribution < 1.29 is 13.9 Å². The van der Waals surface area contributed by atoms with Crippen molar-refractivity contribution in [2.45, 2.75) is 6.54 Å². The first-order chi connectivity index (χ1) is 10.0. The fraction of sp³-hybridized carbons (Fsp3) is 0.133. The van der Waals surface area contributed by atoms with Crippen LogP contribution in [-0.2, 0) is 6.54 Å². The second-order valence-corrected chi connectivity index (χ2v) is 5.49. The Morgan fingerprint density at radius 3 is 2.81 bits per heavy atom. The molecule has 2 aromatic rings. The van der Waals surface area contributed by atoms with E-state index in [2.05, 4.69) is 21.2 Å². The lowest BCUT2D eigenvalue weighted by Crippen LogP contribution is -2.23. The molecule has 0 spiro atoms. The van der Waals surface area contributed by atoms with Gasteiger partial charge in [0.25, 0.3) is 5.91 Å². The van der Waals surface area contributed by atoms with E-state index in [0.29, 0.717) is 26.4 Å².